The number of ether oxygens (including phenoxy) is 1. The van der Waals surface area contributed by atoms with Crippen LogP contribution in [0.3, 0.4) is 0 Å². The topological polar surface area (TPSA) is 49.8 Å². The molecule has 0 aliphatic carbocycles. The third-order valence-electron chi connectivity index (χ3n) is 2.19. The van der Waals surface area contributed by atoms with Crippen LogP contribution >= 0.6 is 0 Å². The van der Waals surface area contributed by atoms with Gasteiger partial charge in [0.2, 0.25) is 0 Å². The van der Waals surface area contributed by atoms with Crippen molar-refractivity contribution in [3.63, 3.8) is 0 Å². The molecule has 16 heavy (non-hydrogen) atoms. The van der Waals surface area contributed by atoms with E-state index in [2.05, 4.69) is 0 Å². The molecule has 0 aliphatic rings. The van der Waals surface area contributed by atoms with Gasteiger partial charge in [-0.15, -0.1) is 0 Å². The first kappa shape index (κ1) is 12.1. The van der Waals surface area contributed by atoms with E-state index >= 15 is 0 Å². The third kappa shape index (κ3) is 2.53. The van der Waals surface area contributed by atoms with Crippen LogP contribution in [-0.4, -0.2) is 37.5 Å². The lowest BCUT2D eigenvalue weighted by molar-refractivity contribution is -0.104. The molecule has 0 bridgehead atoms. The summed E-state index contributed by atoms with van der Waals surface area (Å²) in [5, 5.41) is 9.80. The third-order valence-corrected chi connectivity index (χ3v) is 2.19. The number of hydrogen-bond acceptors (Lipinski definition) is 4. The molecular weight excluding hydrogens is 206 g/mol. The van der Waals surface area contributed by atoms with Crippen molar-refractivity contribution < 1.29 is 14.6 Å². The van der Waals surface area contributed by atoms with Gasteiger partial charge in [0.05, 0.1) is 12.8 Å². The number of benzene rings is 1. The van der Waals surface area contributed by atoms with Gasteiger partial charge in [0.15, 0.2) is 0 Å². The Morgan fingerprint density at radius 1 is 1.44 bits per heavy atom. The number of phenols is 1. The Labute approximate surface area is 94.8 Å². The SMILES string of the molecule is COc1ccc(C(=CC=O)N(C)C)c(O)c1. The zero-order valence-electron chi connectivity index (χ0n) is 9.60. The maximum atomic E-state index is 10.5. The summed E-state index contributed by atoms with van der Waals surface area (Å²) < 4.78 is 4.99. The van der Waals surface area contributed by atoms with Crippen LogP contribution in [0.15, 0.2) is 24.3 Å². The van der Waals surface area contributed by atoms with Crippen LogP contribution < -0.4 is 4.74 Å². The van der Waals surface area contributed by atoms with Gasteiger partial charge in [-0.2, -0.15) is 0 Å². The summed E-state index contributed by atoms with van der Waals surface area (Å²) in [6.07, 6.45) is 2.10. The molecule has 1 rings (SSSR count). The molecular formula is C12H15NO3. The number of aldehydes is 1. The minimum Gasteiger partial charge on any atom is -0.507 e. The molecule has 1 aromatic carbocycles. The Morgan fingerprint density at radius 2 is 2.12 bits per heavy atom. The van der Waals surface area contributed by atoms with Crippen molar-refractivity contribution in [2.75, 3.05) is 21.2 Å². The highest BCUT2D eigenvalue weighted by atomic mass is 16.5. The summed E-state index contributed by atoms with van der Waals surface area (Å²) in [5.74, 6) is 0.659. The van der Waals surface area contributed by atoms with E-state index in [1.165, 1.54) is 19.3 Å². The number of carbonyl (C=O) groups is 1. The Kier molecular flexibility index (Phi) is 3.94. The minimum absolute atomic E-state index is 0.0844. The molecule has 0 radical (unpaired) electrons. The zero-order chi connectivity index (χ0) is 12.1. The predicted octanol–water partition coefficient (Wildman–Crippen LogP) is 1.50. The fraction of sp³-hybridized carbons (Fsp3) is 0.250. The molecule has 0 spiro atoms. The maximum Gasteiger partial charge on any atom is 0.144 e. The molecule has 0 unspecified atom stereocenters. The van der Waals surface area contributed by atoms with E-state index in [0.29, 0.717) is 23.3 Å². The number of rotatable bonds is 4. The quantitative estimate of drug-likeness (QED) is 0.618. The van der Waals surface area contributed by atoms with Gasteiger partial charge in [-0.3, -0.25) is 4.79 Å². The highest BCUT2D eigenvalue weighted by Crippen LogP contribution is 2.29. The fourth-order valence-corrected chi connectivity index (χ4v) is 1.40. The van der Waals surface area contributed by atoms with Crippen LogP contribution in [0.25, 0.3) is 5.70 Å². The molecule has 0 atom stereocenters. The van der Waals surface area contributed by atoms with Gasteiger partial charge in [0.25, 0.3) is 0 Å². The van der Waals surface area contributed by atoms with E-state index in [9.17, 15) is 9.90 Å². The Bertz CT molecular complexity index is 411. The first-order valence-electron chi connectivity index (χ1n) is 4.80. The Hall–Kier alpha value is -1.97. The summed E-state index contributed by atoms with van der Waals surface area (Å²) in [6, 6.07) is 4.96. The lowest BCUT2D eigenvalue weighted by Crippen LogP contribution is -2.10. The molecule has 0 amide bonds. The van der Waals surface area contributed by atoms with Gasteiger partial charge in [-0.1, -0.05) is 0 Å². The molecule has 0 saturated carbocycles. The predicted molar refractivity (Wildman–Crippen MR) is 62.4 cm³/mol. The summed E-state index contributed by atoms with van der Waals surface area (Å²) in [7, 11) is 5.14. The second-order valence-electron chi connectivity index (χ2n) is 3.47. The van der Waals surface area contributed by atoms with E-state index in [1.807, 2.05) is 0 Å². The second kappa shape index (κ2) is 5.21. The standard InChI is InChI=1S/C12H15NO3/c1-13(2)11(6-7-14)10-5-4-9(16-3)8-12(10)15/h4-8,15H,1-3H3. The van der Waals surface area contributed by atoms with Crippen LogP contribution in [0.5, 0.6) is 11.5 Å². The normalized spacial score (nSPS) is 11.1. The number of allylic oxidation sites excluding steroid dienone is 1. The van der Waals surface area contributed by atoms with Crippen LogP contribution in [0.2, 0.25) is 0 Å². The molecule has 0 fully saturated rings. The van der Waals surface area contributed by atoms with Crippen LogP contribution in [0.1, 0.15) is 5.56 Å². The monoisotopic (exact) mass is 221 g/mol. The molecule has 0 aliphatic heterocycles. The summed E-state index contributed by atoms with van der Waals surface area (Å²) in [6.45, 7) is 0. The highest BCUT2D eigenvalue weighted by Gasteiger charge is 2.09. The molecule has 86 valence electrons. The molecule has 0 aromatic heterocycles. The van der Waals surface area contributed by atoms with Gasteiger partial charge in [-0.05, 0) is 12.1 Å². The van der Waals surface area contributed by atoms with Crippen molar-refractivity contribution in [1.29, 1.82) is 0 Å². The first-order valence-corrected chi connectivity index (χ1v) is 4.80. The average Bonchev–Trinajstić information content (AvgIpc) is 2.26. The van der Waals surface area contributed by atoms with Crippen LogP contribution in [-0.2, 0) is 4.79 Å². The van der Waals surface area contributed by atoms with E-state index in [4.69, 9.17) is 4.74 Å². The smallest absolute Gasteiger partial charge is 0.144 e. The van der Waals surface area contributed by atoms with Crippen molar-refractivity contribution in [2.24, 2.45) is 0 Å². The molecule has 1 aromatic rings. The maximum absolute atomic E-state index is 10.5. The summed E-state index contributed by atoms with van der Waals surface area (Å²) >= 11 is 0. The number of carbonyl (C=O) groups excluding carboxylic acids is 1. The lowest BCUT2D eigenvalue weighted by Gasteiger charge is -2.18. The number of methoxy groups -OCH3 is 1. The van der Waals surface area contributed by atoms with Crippen molar-refractivity contribution in [2.45, 2.75) is 0 Å². The van der Waals surface area contributed by atoms with Gasteiger partial charge in [-0.25, -0.2) is 0 Å². The van der Waals surface area contributed by atoms with E-state index in [-0.39, 0.29) is 5.75 Å². The molecule has 4 heteroatoms. The Morgan fingerprint density at radius 3 is 2.56 bits per heavy atom. The first-order chi connectivity index (χ1) is 7.60. The van der Waals surface area contributed by atoms with Crippen molar-refractivity contribution in [3.05, 3.63) is 29.8 Å². The molecule has 0 heterocycles. The molecule has 0 saturated heterocycles. The summed E-state index contributed by atoms with van der Waals surface area (Å²) in [4.78, 5) is 12.3. The summed E-state index contributed by atoms with van der Waals surface area (Å²) in [5.41, 5.74) is 1.24. The van der Waals surface area contributed by atoms with E-state index in [0.717, 1.165) is 0 Å². The fourth-order valence-electron chi connectivity index (χ4n) is 1.40. The van der Waals surface area contributed by atoms with E-state index < -0.39 is 0 Å². The van der Waals surface area contributed by atoms with Crippen molar-refractivity contribution in [3.8, 4) is 11.5 Å². The Balaban J connectivity index is 3.21. The number of phenolic OH excluding ortho intramolecular Hbond substituents is 1. The molecule has 4 nitrogen and oxygen atoms in total. The molecule has 1 N–H and O–H groups in total. The lowest BCUT2D eigenvalue weighted by atomic mass is 10.1. The van der Waals surface area contributed by atoms with Crippen molar-refractivity contribution in [1.82, 2.24) is 4.90 Å². The van der Waals surface area contributed by atoms with Gasteiger partial charge in [0.1, 0.15) is 17.8 Å². The van der Waals surface area contributed by atoms with Gasteiger partial charge in [0, 0.05) is 31.8 Å². The largest absolute Gasteiger partial charge is 0.507 e. The van der Waals surface area contributed by atoms with Crippen LogP contribution in [0.4, 0.5) is 0 Å². The average molecular weight is 221 g/mol. The minimum atomic E-state index is 0.0844. The number of aromatic hydroxyl groups is 1. The van der Waals surface area contributed by atoms with Crippen LogP contribution in [0, 0.1) is 0 Å². The number of hydrogen-bond donors (Lipinski definition) is 1. The highest BCUT2D eigenvalue weighted by molar-refractivity contribution is 5.82. The van der Waals surface area contributed by atoms with E-state index in [1.54, 1.807) is 31.1 Å². The van der Waals surface area contributed by atoms with Gasteiger partial charge >= 0.3 is 0 Å². The van der Waals surface area contributed by atoms with Gasteiger partial charge < -0.3 is 14.7 Å². The number of nitrogens with zero attached hydrogens (tertiary/aromatic N) is 1. The zero-order valence-corrected chi connectivity index (χ0v) is 9.60. The van der Waals surface area contributed by atoms with Crippen molar-refractivity contribution >= 4 is 12.0 Å². The second-order valence-corrected chi connectivity index (χ2v) is 3.47.